The molecule has 0 aromatic carbocycles. The number of carboxylic acid groups (broad SMARTS) is 1. The van der Waals surface area contributed by atoms with Gasteiger partial charge in [-0.1, -0.05) is 0 Å². The van der Waals surface area contributed by atoms with Crippen LogP contribution in [0.25, 0.3) is 0 Å². The standard InChI is InChI=1S/C14H27N3O2/c1-15-14(13(18)19,11-6-7-11)10-17-8-4-5-12(17)9-16(2)3/h11-12,15H,4-10H2,1-3H3,(H,18,19). The SMILES string of the molecule is CNC(CN1CCCC1CN(C)C)(C(=O)O)C1CC1. The lowest BCUT2D eigenvalue weighted by Gasteiger charge is -2.36. The number of nitrogens with one attached hydrogen (secondary N) is 1. The molecule has 0 amide bonds. The lowest BCUT2D eigenvalue weighted by atomic mass is 9.92. The van der Waals surface area contributed by atoms with E-state index in [0.717, 1.165) is 25.9 Å². The Hall–Kier alpha value is -0.650. The van der Waals surface area contributed by atoms with Crippen molar-refractivity contribution in [2.45, 2.75) is 37.3 Å². The fourth-order valence-corrected chi connectivity index (χ4v) is 3.39. The molecule has 2 N–H and O–H groups in total. The summed E-state index contributed by atoms with van der Waals surface area (Å²) in [5.74, 6) is -0.386. The van der Waals surface area contributed by atoms with Crippen molar-refractivity contribution in [2.24, 2.45) is 5.92 Å². The molecule has 5 nitrogen and oxygen atoms in total. The van der Waals surface area contributed by atoms with E-state index in [1.165, 1.54) is 12.8 Å². The molecule has 1 aliphatic heterocycles. The summed E-state index contributed by atoms with van der Waals surface area (Å²) in [6, 6.07) is 0.501. The van der Waals surface area contributed by atoms with Crippen LogP contribution in [0.3, 0.4) is 0 Å². The Balaban J connectivity index is 2.06. The van der Waals surface area contributed by atoms with E-state index in [9.17, 15) is 9.90 Å². The molecule has 0 aromatic heterocycles. The summed E-state index contributed by atoms with van der Waals surface area (Å²) in [6.45, 7) is 2.69. The first-order valence-electron chi connectivity index (χ1n) is 7.30. The Morgan fingerprint density at radius 2 is 2.11 bits per heavy atom. The summed E-state index contributed by atoms with van der Waals surface area (Å²) in [5.41, 5.74) is -0.741. The van der Waals surface area contributed by atoms with Crippen LogP contribution >= 0.6 is 0 Å². The van der Waals surface area contributed by atoms with Gasteiger partial charge in [0.15, 0.2) is 0 Å². The Morgan fingerprint density at radius 1 is 1.42 bits per heavy atom. The van der Waals surface area contributed by atoms with Gasteiger partial charge >= 0.3 is 5.97 Å². The molecule has 2 atom stereocenters. The molecule has 0 bridgehead atoms. The molecular formula is C14H27N3O2. The van der Waals surface area contributed by atoms with Gasteiger partial charge < -0.3 is 15.3 Å². The number of rotatable bonds is 7. The largest absolute Gasteiger partial charge is 0.480 e. The number of likely N-dealkylation sites (N-methyl/N-ethyl adjacent to an activating group) is 2. The maximum absolute atomic E-state index is 11.8. The van der Waals surface area contributed by atoms with Gasteiger partial charge in [0.1, 0.15) is 5.54 Å². The maximum atomic E-state index is 11.8. The van der Waals surface area contributed by atoms with E-state index in [0.29, 0.717) is 18.5 Å². The highest BCUT2D eigenvalue weighted by molar-refractivity contribution is 5.80. The van der Waals surface area contributed by atoms with Gasteiger partial charge in [-0.25, -0.2) is 0 Å². The van der Waals surface area contributed by atoms with Crippen molar-refractivity contribution >= 4 is 5.97 Å². The highest BCUT2D eigenvalue weighted by Gasteiger charge is 2.52. The van der Waals surface area contributed by atoms with Gasteiger partial charge in [-0.2, -0.15) is 0 Å². The van der Waals surface area contributed by atoms with Crippen LogP contribution in [0.4, 0.5) is 0 Å². The van der Waals surface area contributed by atoms with Gasteiger partial charge in [-0.05, 0) is 59.3 Å². The highest BCUT2D eigenvalue weighted by Crippen LogP contribution is 2.41. The molecule has 2 fully saturated rings. The minimum Gasteiger partial charge on any atom is -0.480 e. The van der Waals surface area contributed by atoms with Crippen molar-refractivity contribution < 1.29 is 9.90 Å². The quantitative estimate of drug-likeness (QED) is 0.703. The van der Waals surface area contributed by atoms with E-state index < -0.39 is 11.5 Å². The molecule has 1 aliphatic carbocycles. The van der Waals surface area contributed by atoms with E-state index in [4.69, 9.17) is 0 Å². The maximum Gasteiger partial charge on any atom is 0.325 e. The molecule has 0 spiro atoms. The van der Waals surface area contributed by atoms with Crippen LogP contribution in [0.5, 0.6) is 0 Å². The topological polar surface area (TPSA) is 55.8 Å². The van der Waals surface area contributed by atoms with Gasteiger partial charge in [-0.3, -0.25) is 9.69 Å². The number of aliphatic carboxylic acids is 1. The third-order valence-corrected chi connectivity index (χ3v) is 4.63. The van der Waals surface area contributed by atoms with Crippen molar-refractivity contribution in [1.29, 1.82) is 0 Å². The second-order valence-electron chi connectivity index (χ2n) is 6.33. The molecule has 1 saturated carbocycles. The van der Waals surface area contributed by atoms with Gasteiger partial charge in [0.25, 0.3) is 0 Å². The zero-order valence-electron chi connectivity index (χ0n) is 12.4. The molecule has 2 unspecified atom stereocenters. The number of hydrogen-bond acceptors (Lipinski definition) is 4. The minimum absolute atomic E-state index is 0.301. The summed E-state index contributed by atoms with van der Waals surface area (Å²) in [7, 11) is 5.96. The molecule has 5 heteroatoms. The predicted octanol–water partition coefficient (Wildman–Crippen LogP) is 0.465. The minimum atomic E-state index is -0.741. The van der Waals surface area contributed by atoms with Crippen LogP contribution in [0, 0.1) is 5.92 Å². The first-order chi connectivity index (χ1) is 8.99. The average Bonchev–Trinajstić information content (AvgIpc) is 3.10. The molecule has 0 radical (unpaired) electrons. The zero-order chi connectivity index (χ0) is 14.0. The smallest absolute Gasteiger partial charge is 0.325 e. The van der Waals surface area contributed by atoms with Crippen LogP contribution in [0.15, 0.2) is 0 Å². The van der Waals surface area contributed by atoms with Gasteiger partial charge in [0.2, 0.25) is 0 Å². The average molecular weight is 269 g/mol. The van der Waals surface area contributed by atoms with Crippen molar-refractivity contribution in [3.05, 3.63) is 0 Å². The molecule has 1 heterocycles. The highest BCUT2D eigenvalue weighted by atomic mass is 16.4. The Bertz CT molecular complexity index is 331. The van der Waals surface area contributed by atoms with Crippen LogP contribution < -0.4 is 5.32 Å². The Labute approximate surface area is 115 Å². The van der Waals surface area contributed by atoms with Gasteiger partial charge in [0.05, 0.1) is 0 Å². The predicted molar refractivity (Wildman–Crippen MR) is 75.3 cm³/mol. The molecule has 110 valence electrons. The fourth-order valence-electron chi connectivity index (χ4n) is 3.39. The Morgan fingerprint density at radius 3 is 2.58 bits per heavy atom. The van der Waals surface area contributed by atoms with Crippen molar-refractivity contribution in [1.82, 2.24) is 15.1 Å². The summed E-state index contributed by atoms with van der Waals surface area (Å²) in [6.07, 6.45) is 4.45. The molecule has 0 aromatic rings. The van der Waals surface area contributed by atoms with E-state index in [2.05, 4.69) is 29.2 Å². The summed E-state index contributed by atoms with van der Waals surface area (Å²) >= 11 is 0. The normalized spacial score (nSPS) is 27.7. The van der Waals surface area contributed by atoms with Gasteiger partial charge in [0, 0.05) is 19.1 Å². The molecule has 2 aliphatic rings. The fraction of sp³-hybridized carbons (Fsp3) is 0.929. The van der Waals surface area contributed by atoms with E-state index >= 15 is 0 Å². The molecule has 19 heavy (non-hydrogen) atoms. The second-order valence-corrected chi connectivity index (χ2v) is 6.33. The summed E-state index contributed by atoms with van der Waals surface area (Å²) in [4.78, 5) is 16.3. The van der Waals surface area contributed by atoms with Crippen molar-refractivity contribution in [3.63, 3.8) is 0 Å². The lowest BCUT2D eigenvalue weighted by molar-refractivity contribution is -0.146. The van der Waals surface area contributed by atoms with Crippen LogP contribution in [0.2, 0.25) is 0 Å². The van der Waals surface area contributed by atoms with E-state index in [-0.39, 0.29) is 0 Å². The number of carbonyl (C=O) groups is 1. The van der Waals surface area contributed by atoms with Gasteiger partial charge in [-0.15, -0.1) is 0 Å². The Kier molecular flexibility index (Phi) is 4.48. The van der Waals surface area contributed by atoms with Crippen molar-refractivity contribution in [3.8, 4) is 0 Å². The molecule has 1 saturated heterocycles. The van der Waals surface area contributed by atoms with Crippen LogP contribution in [0.1, 0.15) is 25.7 Å². The van der Waals surface area contributed by atoms with Crippen LogP contribution in [-0.4, -0.2) is 73.2 Å². The van der Waals surface area contributed by atoms with E-state index in [1.54, 1.807) is 7.05 Å². The lowest BCUT2D eigenvalue weighted by Crippen LogP contribution is -2.60. The molecular weight excluding hydrogens is 242 g/mol. The van der Waals surface area contributed by atoms with Crippen molar-refractivity contribution in [2.75, 3.05) is 40.8 Å². The van der Waals surface area contributed by atoms with Crippen LogP contribution in [-0.2, 0) is 4.79 Å². The monoisotopic (exact) mass is 269 g/mol. The number of nitrogens with zero attached hydrogens (tertiary/aromatic N) is 2. The number of likely N-dealkylation sites (tertiary alicyclic amines) is 1. The number of carboxylic acids is 1. The summed E-state index contributed by atoms with van der Waals surface area (Å²) < 4.78 is 0. The zero-order valence-corrected chi connectivity index (χ0v) is 12.4. The number of hydrogen-bond donors (Lipinski definition) is 2. The molecule has 2 rings (SSSR count). The summed E-state index contributed by atoms with van der Waals surface area (Å²) in [5, 5.41) is 12.8. The van der Waals surface area contributed by atoms with E-state index in [1.807, 2.05) is 0 Å². The third-order valence-electron chi connectivity index (χ3n) is 4.63. The first kappa shape index (κ1) is 14.8. The second kappa shape index (κ2) is 5.77. The first-order valence-corrected chi connectivity index (χ1v) is 7.30. The third kappa shape index (κ3) is 3.09.